The van der Waals surface area contributed by atoms with Crippen molar-refractivity contribution in [2.45, 2.75) is 39.2 Å². The molecule has 0 aliphatic carbocycles. The third kappa shape index (κ3) is 4.41. The van der Waals surface area contributed by atoms with Crippen LogP contribution in [0.5, 0.6) is 0 Å². The Labute approximate surface area is 106 Å². The second-order valence-electron chi connectivity index (χ2n) is 4.97. The van der Waals surface area contributed by atoms with E-state index in [1.807, 2.05) is 0 Å². The van der Waals surface area contributed by atoms with E-state index < -0.39 is 16.4 Å². The van der Waals surface area contributed by atoms with Gasteiger partial charge < -0.3 is 5.73 Å². The van der Waals surface area contributed by atoms with Gasteiger partial charge in [0.2, 0.25) is 5.82 Å². The fraction of sp³-hybridized carbons (Fsp3) is 0.538. The average molecular weight is 254 g/mol. The van der Waals surface area contributed by atoms with E-state index in [4.69, 9.17) is 5.73 Å². The number of nitro groups is 1. The number of benzene rings is 1. The van der Waals surface area contributed by atoms with Crippen molar-refractivity contribution < 1.29 is 9.31 Å². The summed E-state index contributed by atoms with van der Waals surface area (Å²) in [6.07, 6.45) is 2.33. The Morgan fingerprint density at radius 1 is 1.44 bits per heavy atom. The molecule has 0 amide bonds. The van der Waals surface area contributed by atoms with Crippen LogP contribution >= 0.6 is 0 Å². The van der Waals surface area contributed by atoms with Gasteiger partial charge in [0, 0.05) is 12.1 Å². The minimum absolute atomic E-state index is 0.0863. The number of rotatable bonds is 6. The summed E-state index contributed by atoms with van der Waals surface area (Å²) in [5.74, 6) is -0.247. The highest BCUT2D eigenvalue weighted by atomic mass is 19.1. The third-order valence-corrected chi connectivity index (χ3v) is 2.79. The number of hydrogen-bond acceptors (Lipinski definition) is 3. The Hall–Kier alpha value is -1.49. The van der Waals surface area contributed by atoms with Crippen molar-refractivity contribution in [3.63, 3.8) is 0 Å². The molecular weight excluding hydrogens is 235 g/mol. The van der Waals surface area contributed by atoms with Crippen molar-refractivity contribution in [2.24, 2.45) is 11.7 Å². The Bertz CT molecular complexity index is 421. The summed E-state index contributed by atoms with van der Waals surface area (Å²) in [4.78, 5) is 9.75. The van der Waals surface area contributed by atoms with Gasteiger partial charge in [-0.2, -0.15) is 4.39 Å². The van der Waals surface area contributed by atoms with Crippen LogP contribution in [-0.2, 0) is 6.42 Å². The molecule has 0 aliphatic rings. The fourth-order valence-electron chi connectivity index (χ4n) is 1.93. The predicted molar refractivity (Wildman–Crippen MR) is 68.8 cm³/mol. The lowest BCUT2D eigenvalue weighted by atomic mass is 9.98. The molecular formula is C13H19FN2O2. The van der Waals surface area contributed by atoms with Crippen molar-refractivity contribution in [3.05, 3.63) is 39.7 Å². The van der Waals surface area contributed by atoms with E-state index in [9.17, 15) is 14.5 Å². The third-order valence-electron chi connectivity index (χ3n) is 2.79. The van der Waals surface area contributed by atoms with Crippen LogP contribution in [-0.4, -0.2) is 11.0 Å². The smallest absolute Gasteiger partial charge is 0.304 e. The molecule has 0 aliphatic heterocycles. The molecule has 0 aromatic heterocycles. The van der Waals surface area contributed by atoms with E-state index in [1.165, 1.54) is 12.1 Å². The van der Waals surface area contributed by atoms with Crippen molar-refractivity contribution in [1.29, 1.82) is 0 Å². The van der Waals surface area contributed by atoms with E-state index in [1.54, 1.807) is 6.07 Å². The highest BCUT2D eigenvalue weighted by Crippen LogP contribution is 2.19. The molecule has 1 aromatic carbocycles. The molecule has 5 heteroatoms. The van der Waals surface area contributed by atoms with E-state index in [0.717, 1.165) is 18.4 Å². The van der Waals surface area contributed by atoms with Crippen LogP contribution in [0.25, 0.3) is 0 Å². The summed E-state index contributed by atoms with van der Waals surface area (Å²) in [5, 5.41) is 10.5. The average Bonchev–Trinajstić information content (AvgIpc) is 2.25. The van der Waals surface area contributed by atoms with Crippen LogP contribution in [0.4, 0.5) is 10.1 Å². The van der Waals surface area contributed by atoms with E-state index in [0.29, 0.717) is 12.3 Å². The number of nitro benzene ring substituents is 1. The SMILES string of the molecule is CC(C)CC(N)CCc1ccc([N+](=O)[O-])c(F)c1. The molecule has 1 unspecified atom stereocenters. The maximum absolute atomic E-state index is 13.4. The summed E-state index contributed by atoms with van der Waals surface area (Å²) in [6.45, 7) is 4.21. The van der Waals surface area contributed by atoms with Crippen LogP contribution in [0.15, 0.2) is 18.2 Å². The molecule has 18 heavy (non-hydrogen) atoms. The van der Waals surface area contributed by atoms with Gasteiger partial charge in [-0.15, -0.1) is 0 Å². The first-order valence-corrected chi connectivity index (χ1v) is 6.08. The van der Waals surface area contributed by atoms with E-state index >= 15 is 0 Å². The summed E-state index contributed by atoms with van der Waals surface area (Å²) >= 11 is 0. The molecule has 0 spiro atoms. The standard InChI is InChI=1S/C13H19FN2O2/c1-9(2)7-11(15)5-3-10-4-6-13(16(17)18)12(14)8-10/h4,6,8-9,11H,3,5,7,15H2,1-2H3. The lowest BCUT2D eigenvalue weighted by Crippen LogP contribution is -2.22. The van der Waals surface area contributed by atoms with Crippen LogP contribution in [0, 0.1) is 21.8 Å². The highest BCUT2D eigenvalue weighted by molar-refractivity contribution is 5.35. The number of nitrogens with zero attached hydrogens (tertiary/aromatic N) is 1. The van der Waals surface area contributed by atoms with Crippen LogP contribution < -0.4 is 5.73 Å². The van der Waals surface area contributed by atoms with Crippen molar-refractivity contribution >= 4 is 5.69 Å². The van der Waals surface area contributed by atoms with Crippen molar-refractivity contribution in [1.82, 2.24) is 0 Å². The normalized spacial score (nSPS) is 12.7. The zero-order chi connectivity index (χ0) is 13.7. The van der Waals surface area contributed by atoms with E-state index in [-0.39, 0.29) is 6.04 Å². The van der Waals surface area contributed by atoms with Gasteiger partial charge in [0.25, 0.3) is 0 Å². The molecule has 1 atom stereocenters. The maximum Gasteiger partial charge on any atom is 0.304 e. The monoisotopic (exact) mass is 254 g/mol. The predicted octanol–water partition coefficient (Wildman–Crippen LogP) is 3.04. The first kappa shape index (κ1) is 14.6. The van der Waals surface area contributed by atoms with Gasteiger partial charge in [-0.05, 0) is 36.8 Å². The Morgan fingerprint density at radius 3 is 2.61 bits per heavy atom. The summed E-state index contributed by atoms with van der Waals surface area (Å²) in [5.41, 5.74) is 6.20. The van der Waals surface area contributed by atoms with Gasteiger partial charge in [0.1, 0.15) is 0 Å². The first-order chi connectivity index (χ1) is 8.40. The molecule has 0 radical (unpaired) electrons. The zero-order valence-corrected chi connectivity index (χ0v) is 10.7. The molecule has 0 fully saturated rings. The van der Waals surface area contributed by atoms with Crippen molar-refractivity contribution in [2.75, 3.05) is 0 Å². The van der Waals surface area contributed by atoms with Crippen LogP contribution in [0.1, 0.15) is 32.3 Å². The number of halogens is 1. The summed E-state index contributed by atoms with van der Waals surface area (Å²) in [6, 6.07) is 4.10. The maximum atomic E-state index is 13.4. The number of hydrogen-bond donors (Lipinski definition) is 1. The second-order valence-corrected chi connectivity index (χ2v) is 4.97. The lowest BCUT2D eigenvalue weighted by molar-refractivity contribution is -0.387. The fourth-order valence-corrected chi connectivity index (χ4v) is 1.93. The zero-order valence-electron chi connectivity index (χ0n) is 10.7. The van der Waals surface area contributed by atoms with Gasteiger partial charge >= 0.3 is 5.69 Å². The Kier molecular flexibility index (Phi) is 5.22. The molecule has 1 rings (SSSR count). The van der Waals surface area contributed by atoms with Gasteiger partial charge in [0.05, 0.1) is 4.92 Å². The van der Waals surface area contributed by atoms with Crippen molar-refractivity contribution in [3.8, 4) is 0 Å². The molecule has 0 saturated carbocycles. The molecule has 1 aromatic rings. The van der Waals surface area contributed by atoms with Gasteiger partial charge in [-0.1, -0.05) is 19.9 Å². The van der Waals surface area contributed by atoms with Crippen LogP contribution in [0.2, 0.25) is 0 Å². The topological polar surface area (TPSA) is 69.2 Å². The molecule has 0 bridgehead atoms. The largest absolute Gasteiger partial charge is 0.328 e. The van der Waals surface area contributed by atoms with Gasteiger partial charge in [-0.3, -0.25) is 10.1 Å². The lowest BCUT2D eigenvalue weighted by Gasteiger charge is -2.13. The quantitative estimate of drug-likeness (QED) is 0.626. The minimum Gasteiger partial charge on any atom is -0.328 e. The van der Waals surface area contributed by atoms with Gasteiger partial charge in [0.15, 0.2) is 0 Å². The number of nitrogens with two attached hydrogens (primary N) is 1. The molecule has 0 saturated heterocycles. The molecule has 2 N–H and O–H groups in total. The summed E-state index contributed by atoms with van der Waals surface area (Å²) in [7, 11) is 0. The van der Waals surface area contributed by atoms with Crippen LogP contribution in [0.3, 0.4) is 0 Å². The van der Waals surface area contributed by atoms with Gasteiger partial charge in [-0.25, -0.2) is 0 Å². The first-order valence-electron chi connectivity index (χ1n) is 6.08. The second kappa shape index (κ2) is 6.44. The Morgan fingerprint density at radius 2 is 2.11 bits per heavy atom. The van der Waals surface area contributed by atoms with E-state index in [2.05, 4.69) is 13.8 Å². The highest BCUT2D eigenvalue weighted by Gasteiger charge is 2.14. The Balaban J connectivity index is 2.58. The summed E-state index contributed by atoms with van der Waals surface area (Å²) < 4.78 is 13.4. The minimum atomic E-state index is -0.782. The molecule has 4 nitrogen and oxygen atoms in total. The number of aryl methyl sites for hydroxylation is 1. The molecule has 0 heterocycles. The molecule has 100 valence electrons.